The standard InChI is InChI=1S/C10H10ClFO3/c1-14-7-4-3-6(5-8(11)13)9(12)10(7)15-2/h3-4H,5H2,1-2H3. The van der Waals surface area contributed by atoms with Crippen molar-refractivity contribution in [2.75, 3.05) is 14.2 Å². The van der Waals surface area contributed by atoms with Gasteiger partial charge in [-0.1, -0.05) is 6.07 Å². The third-order valence-electron chi connectivity index (χ3n) is 1.89. The van der Waals surface area contributed by atoms with Gasteiger partial charge in [-0.2, -0.15) is 0 Å². The first-order valence-electron chi connectivity index (χ1n) is 4.17. The maximum atomic E-state index is 13.7. The van der Waals surface area contributed by atoms with Gasteiger partial charge in [-0.25, -0.2) is 4.39 Å². The summed E-state index contributed by atoms with van der Waals surface area (Å²) in [6, 6.07) is 2.97. The summed E-state index contributed by atoms with van der Waals surface area (Å²) < 4.78 is 23.4. The van der Waals surface area contributed by atoms with Gasteiger partial charge >= 0.3 is 0 Å². The van der Waals surface area contributed by atoms with Crippen LogP contribution < -0.4 is 9.47 Å². The van der Waals surface area contributed by atoms with Crippen LogP contribution in [0.15, 0.2) is 12.1 Å². The molecule has 0 atom stereocenters. The zero-order valence-electron chi connectivity index (χ0n) is 8.34. The predicted octanol–water partition coefficient (Wildman–Crippen LogP) is 2.15. The molecule has 3 nitrogen and oxygen atoms in total. The van der Waals surface area contributed by atoms with Gasteiger partial charge in [-0.15, -0.1) is 0 Å². The van der Waals surface area contributed by atoms with Crippen molar-refractivity contribution in [1.82, 2.24) is 0 Å². The van der Waals surface area contributed by atoms with Gasteiger partial charge in [-0.3, -0.25) is 4.79 Å². The van der Waals surface area contributed by atoms with Crippen molar-refractivity contribution < 1.29 is 18.7 Å². The number of halogens is 2. The van der Waals surface area contributed by atoms with Crippen LogP contribution in [-0.4, -0.2) is 19.5 Å². The Kier molecular flexibility index (Phi) is 3.91. The van der Waals surface area contributed by atoms with Crippen molar-refractivity contribution in [2.24, 2.45) is 0 Å². The van der Waals surface area contributed by atoms with Crippen molar-refractivity contribution in [3.63, 3.8) is 0 Å². The van der Waals surface area contributed by atoms with Gasteiger partial charge in [0, 0.05) is 12.0 Å². The smallest absolute Gasteiger partial charge is 0.226 e. The summed E-state index contributed by atoms with van der Waals surface area (Å²) >= 11 is 5.18. The average Bonchev–Trinajstić information content (AvgIpc) is 2.20. The van der Waals surface area contributed by atoms with Gasteiger partial charge in [0.05, 0.1) is 14.2 Å². The fourth-order valence-corrected chi connectivity index (χ4v) is 1.36. The van der Waals surface area contributed by atoms with E-state index in [0.717, 1.165) is 0 Å². The maximum Gasteiger partial charge on any atom is 0.226 e. The molecule has 82 valence electrons. The van der Waals surface area contributed by atoms with Crippen LogP contribution in [0, 0.1) is 5.82 Å². The van der Waals surface area contributed by atoms with E-state index in [-0.39, 0.29) is 23.5 Å². The molecule has 0 bridgehead atoms. The second kappa shape index (κ2) is 4.98. The molecule has 1 aromatic carbocycles. The van der Waals surface area contributed by atoms with E-state index in [0.29, 0.717) is 0 Å². The summed E-state index contributed by atoms with van der Waals surface area (Å²) in [5.41, 5.74) is 0.188. The number of benzene rings is 1. The zero-order chi connectivity index (χ0) is 11.4. The third-order valence-corrected chi connectivity index (χ3v) is 2.03. The summed E-state index contributed by atoms with van der Waals surface area (Å²) in [6.45, 7) is 0. The summed E-state index contributed by atoms with van der Waals surface area (Å²) in [5, 5.41) is -0.624. The molecule has 0 aliphatic carbocycles. The first-order valence-corrected chi connectivity index (χ1v) is 4.55. The number of hydrogen-bond acceptors (Lipinski definition) is 3. The van der Waals surface area contributed by atoms with E-state index in [2.05, 4.69) is 0 Å². The number of carbonyl (C=O) groups excluding carboxylic acids is 1. The second-order valence-corrected chi connectivity index (χ2v) is 3.23. The van der Waals surface area contributed by atoms with E-state index in [1.165, 1.54) is 26.4 Å². The van der Waals surface area contributed by atoms with Crippen LogP contribution in [-0.2, 0) is 11.2 Å². The topological polar surface area (TPSA) is 35.5 Å². The van der Waals surface area contributed by atoms with Crippen LogP contribution in [0.2, 0.25) is 0 Å². The number of rotatable bonds is 4. The van der Waals surface area contributed by atoms with Crippen LogP contribution in [0.25, 0.3) is 0 Å². The molecule has 0 saturated heterocycles. The number of carbonyl (C=O) groups is 1. The highest BCUT2D eigenvalue weighted by Crippen LogP contribution is 2.32. The Morgan fingerprint density at radius 2 is 2.07 bits per heavy atom. The molecule has 0 N–H and O–H groups in total. The molecule has 5 heteroatoms. The SMILES string of the molecule is COc1ccc(CC(=O)Cl)c(F)c1OC. The van der Waals surface area contributed by atoms with Crippen molar-refractivity contribution in [2.45, 2.75) is 6.42 Å². The normalized spacial score (nSPS) is 9.87. The summed E-state index contributed by atoms with van der Waals surface area (Å²) in [6.07, 6.45) is -0.173. The van der Waals surface area contributed by atoms with Crippen LogP contribution in [0.4, 0.5) is 4.39 Å². The molecule has 0 spiro atoms. The highest BCUT2D eigenvalue weighted by molar-refractivity contribution is 6.63. The molecule has 0 aromatic heterocycles. The minimum absolute atomic E-state index is 0.0204. The first kappa shape index (κ1) is 11.8. The molecule has 1 rings (SSSR count). The molecule has 0 aliphatic heterocycles. The number of ether oxygens (including phenoxy) is 2. The fourth-order valence-electron chi connectivity index (χ4n) is 1.22. The van der Waals surface area contributed by atoms with E-state index >= 15 is 0 Å². The zero-order valence-corrected chi connectivity index (χ0v) is 9.10. The van der Waals surface area contributed by atoms with E-state index in [1.54, 1.807) is 0 Å². The summed E-state index contributed by atoms with van der Waals surface area (Å²) in [7, 11) is 2.73. The fraction of sp³-hybridized carbons (Fsp3) is 0.300. The molecule has 0 aliphatic rings. The van der Waals surface area contributed by atoms with Crippen LogP contribution in [0.5, 0.6) is 11.5 Å². The lowest BCUT2D eigenvalue weighted by molar-refractivity contribution is -0.111. The predicted molar refractivity (Wildman–Crippen MR) is 54.1 cm³/mol. The molecule has 0 amide bonds. The molecule has 0 fully saturated rings. The number of methoxy groups -OCH3 is 2. The van der Waals surface area contributed by atoms with Gasteiger partial charge < -0.3 is 9.47 Å². The Morgan fingerprint density at radius 1 is 1.40 bits per heavy atom. The largest absolute Gasteiger partial charge is 0.493 e. The van der Waals surface area contributed by atoms with Crippen molar-refractivity contribution >= 4 is 16.8 Å². The summed E-state index contributed by atoms with van der Waals surface area (Å²) in [4.78, 5) is 10.6. The minimum Gasteiger partial charge on any atom is -0.493 e. The molecule has 1 aromatic rings. The first-order chi connectivity index (χ1) is 7.10. The molecular formula is C10H10ClFO3. The van der Waals surface area contributed by atoms with Gasteiger partial charge in [-0.05, 0) is 17.7 Å². The van der Waals surface area contributed by atoms with Gasteiger partial charge in [0.25, 0.3) is 0 Å². The van der Waals surface area contributed by atoms with Crippen molar-refractivity contribution in [1.29, 1.82) is 0 Å². The molecule has 0 unspecified atom stereocenters. The Morgan fingerprint density at radius 3 is 2.53 bits per heavy atom. The minimum atomic E-state index is -0.624. The van der Waals surface area contributed by atoms with Crippen molar-refractivity contribution in [3.8, 4) is 11.5 Å². The van der Waals surface area contributed by atoms with Gasteiger partial charge in [0.1, 0.15) is 0 Å². The van der Waals surface area contributed by atoms with Crippen LogP contribution in [0.1, 0.15) is 5.56 Å². The van der Waals surface area contributed by atoms with E-state index in [9.17, 15) is 9.18 Å². The Balaban J connectivity index is 3.16. The molecule has 0 heterocycles. The van der Waals surface area contributed by atoms with Gasteiger partial charge in [0.2, 0.25) is 5.24 Å². The third kappa shape index (κ3) is 2.59. The Bertz CT molecular complexity index is 379. The Labute approximate surface area is 91.7 Å². The number of hydrogen-bond donors (Lipinski definition) is 0. The maximum absolute atomic E-state index is 13.7. The van der Waals surface area contributed by atoms with E-state index in [4.69, 9.17) is 21.1 Å². The van der Waals surface area contributed by atoms with E-state index in [1.807, 2.05) is 0 Å². The van der Waals surface area contributed by atoms with Gasteiger partial charge in [0.15, 0.2) is 17.3 Å². The lowest BCUT2D eigenvalue weighted by Crippen LogP contribution is -2.01. The quantitative estimate of drug-likeness (QED) is 0.747. The Hall–Kier alpha value is -1.29. The lowest BCUT2D eigenvalue weighted by atomic mass is 10.1. The van der Waals surface area contributed by atoms with Crippen LogP contribution >= 0.6 is 11.6 Å². The molecular weight excluding hydrogens is 223 g/mol. The molecule has 0 radical (unpaired) electrons. The average molecular weight is 233 g/mol. The monoisotopic (exact) mass is 232 g/mol. The highest BCUT2D eigenvalue weighted by atomic mass is 35.5. The summed E-state index contributed by atoms with van der Waals surface area (Å²) in [5.74, 6) is -0.362. The van der Waals surface area contributed by atoms with E-state index < -0.39 is 11.1 Å². The van der Waals surface area contributed by atoms with Crippen LogP contribution in [0.3, 0.4) is 0 Å². The highest BCUT2D eigenvalue weighted by Gasteiger charge is 2.15. The second-order valence-electron chi connectivity index (χ2n) is 2.81. The van der Waals surface area contributed by atoms with Crippen molar-refractivity contribution in [3.05, 3.63) is 23.5 Å². The molecule has 15 heavy (non-hydrogen) atoms. The molecule has 0 saturated carbocycles. The lowest BCUT2D eigenvalue weighted by Gasteiger charge is -2.10.